The summed E-state index contributed by atoms with van der Waals surface area (Å²) in [5.41, 5.74) is 1.08. The molecule has 0 saturated carbocycles. The Labute approximate surface area is 453 Å². The van der Waals surface area contributed by atoms with E-state index in [2.05, 4.69) is 20.4 Å². The number of carboxylic acid groups (broad SMARTS) is 1. The summed E-state index contributed by atoms with van der Waals surface area (Å²) in [5, 5.41) is 14.6. The van der Waals surface area contributed by atoms with E-state index >= 15 is 0 Å². The number of amides is 2. The molecule has 2 aromatic rings. The SMILES string of the molecule is CCCC(CC(=O)[C@@H]1CC2(CN1C)SCCCS2)C(=O)C(=O)CCC(=O)N[C@H](C(=O)O)c1ccccc1.CCCC(CC(=O)[C@@H]1CC2(CN1C)SCCCS2)C(=O)C(=O)CCC(=O)N[C@H](C(C)=O)c1ccccc1. The van der Waals surface area contributed by atoms with E-state index in [-0.39, 0.29) is 76.1 Å². The topological polar surface area (TPSA) is 221 Å². The van der Waals surface area contributed by atoms with Gasteiger partial charge in [-0.25, -0.2) is 4.79 Å². The van der Waals surface area contributed by atoms with Gasteiger partial charge in [0, 0.05) is 63.5 Å². The van der Waals surface area contributed by atoms with E-state index in [0.29, 0.717) is 36.8 Å². The molecule has 0 aliphatic carbocycles. The number of ketones is 7. The van der Waals surface area contributed by atoms with E-state index in [1.807, 2.05) is 81.1 Å². The molecule has 2 amide bonds. The minimum Gasteiger partial charge on any atom is -0.479 e. The minimum absolute atomic E-state index is 0.00403. The van der Waals surface area contributed by atoms with Crippen LogP contribution in [0.4, 0.5) is 0 Å². The number of benzene rings is 2. The van der Waals surface area contributed by atoms with Gasteiger partial charge in [-0.15, -0.1) is 47.0 Å². The molecule has 4 aliphatic rings. The van der Waals surface area contributed by atoms with E-state index in [1.165, 1.54) is 19.8 Å². The molecule has 4 heterocycles. The minimum atomic E-state index is -1.24. The van der Waals surface area contributed by atoms with Crippen molar-refractivity contribution in [2.45, 2.75) is 143 Å². The van der Waals surface area contributed by atoms with Crippen LogP contribution in [-0.4, -0.2) is 144 Å². The van der Waals surface area contributed by atoms with Crippen LogP contribution in [0.15, 0.2) is 60.7 Å². The number of carbonyl (C=O) groups excluding carboxylic acids is 9. The quantitative estimate of drug-likeness (QED) is 0.0777. The maximum Gasteiger partial charge on any atom is 0.330 e. The standard InChI is InChI=1S/C28H38N2O5S2.C27H36N2O6S2/c1-4-9-21(16-24(33)22-17-28(18-30(22)3)36-14-8-15-37-28)27(35)23(32)12-13-25(34)29-26(19(2)31)20-10-6-5-7-11-20;1-3-8-19(15-22(31)20-16-27(17-29(20)2)36-13-7-14-37-27)25(33)21(30)11-12-23(32)28-24(26(34)35)18-9-5-4-6-10-18/h5-7,10-11,21-22,26H,4,8-9,12-18H2,1-3H3,(H,29,34);4-6,9-10,19-20,24H,3,7-8,11-17H2,1-2H3,(H,28,32)(H,34,35)/t21?,22-,26+;19?,20-,24-/m00/s1. The van der Waals surface area contributed by atoms with Crippen LogP contribution in [0.5, 0.6) is 0 Å². The number of thioether (sulfide) groups is 4. The van der Waals surface area contributed by atoms with Crippen molar-refractivity contribution in [3.63, 3.8) is 0 Å². The molecule has 74 heavy (non-hydrogen) atoms. The van der Waals surface area contributed by atoms with E-state index in [0.717, 1.165) is 48.9 Å². The largest absolute Gasteiger partial charge is 0.479 e. The van der Waals surface area contributed by atoms with Gasteiger partial charge < -0.3 is 15.7 Å². The van der Waals surface area contributed by atoms with Gasteiger partial charge in [-0.05, 0) is 93.7 Å². The maximum atomic E-state index is 13.3. The van der Waals surface area contributed by atoms with E-state index in [4.69, 9.17) is 0 Å². The van der Waals surface area contributed by atoms with Crippen molar-refractivity contribution in [2.75, 3.05) is 50.2 Å². The number of carbonyl (C=O) groups is 10. The zero-order valence-corrected chi connectivity index (χ0v) is 46.7. The van der Waals surface area contributed by atoms with Gasteiger partial charge in [0.05, 0.1) is 20.2 Å². The highest BCUT2D eigenvalue weighted by Gasteiger charge is 2.49. The second kappa shape index (κ2) is 29.4. The summed E-state index contributed by atoms with van der Waals surface area (Å²) in [6.45, 7) is 6.92. The fourth-order valence-electron chi connectivity index (χ4n) is 10.1. The molecule has 6 atom stereocenters. The van der Waals surface area contributed by atoms with E-state index in [1.54, 1.807) is 54.6 Å². The molecule has 2 spiro atoms. The van der Waals surface area contributed by atoms with Crippen molar-refractivity contribution in [1.29, 1.82) is 0 Å². The third-order valence-corrected chi connectivity index (χ3v) is 20.7. The van der Waals surface area contributed by atoms with Crippen molar-refractivity contribution in [2.24, 2.45) is 11.8 Å². The number of nitrogens with one attached hydrogen (secondary N) is 2. The number of hydrogen-bond donors (Lipinski definition) is 3. The lowest BCUT2D eigenvalue weighted by molar-refractivity contribution is -0.142. The number of rotatable bonds is 26. The molecule has 0 bridgehead atoms. The fraction of sp³-hybridized carbons (Fsp3) is 0.600. The zero-order valence-electron chi connectivity index (χ0n) is 43.4. The van der Waals surface area contributed by atoms with Gasteiger partial charge >= 0.3 is 5.97 Å². The van der Waals surface area contributed by atoms with Crippen molar-refractivity contribution >= 4 is 105 Å². The first-order chi connectivity index (χ1) is 35.3. The van der Waals surface area contributed by atoms with Crippen LogP contribution in [0, 0.1) is 11.8 Å². The Morgan fingerprint density at radius 2 is 0.946 bits per heavy atom. The van der Waals surface area contributed by atoms with Crippen molar-refractivity contribution in [3.8, 4) is 0 Å². The summed E-state index contributed by atoms with van der Waals surface area (Å²) in [7, 11) is 3.92. The molecule has 6 rings (SSSR count). The first-order valence-electron chi connectivity index (χ1n) is 25.9. The molecular weight excluding hydrogens is 1020 g/mol. The van der Waals surface area contributed by atoms with Gasteiger partial charge in [-0.3, -0.25) is 53.0 Å². The lowest BCUT2D eigenvalue weighted by Crippen LogP contribution is -2.36. The van der Waals surface area contributed by atoms with Gasteiger partial charge in [0.15, 0.2) is 35.0 Å². The van der Waals surface area contributed by atoms with E-state index < -0.39 is 64.8 Å². The van der Waals surface area contributed by atoms with E-state index in [9.17, 15) is 53.1 Å². The van der Waals surface area contributed by atoms with Crippen LogP contribution in [0.1, 0.15) is 134 Å². The summed E-state index contributed by atoms with van der Waals surface area (Å²) in [6.07, 6.45) is 5.19. The molecule has 2 unspecified atom stereocenters. The normalized spacial score (nSPS) is 20.8. The number of carboxylic acids is 1. The average molecular weight is 1100 g/mol. The Bertz CT molecular complexity index is 2150. The van der Waals surface area contributed by atoms with Crippen LogP contribution in [-0.2, 0) is 47.9 Å². The summed E-state index contributed by atoms with van der Waals surface area (Å²) >= 11 is 7.73. The van der Waals surface area contributed by atoms with Gasteiger partial charge in [0.25, 0.3) is 0 Å². The highest BCUT2D eigenvalue weighted by Crippen LogP contribution is 2.51. The Kier molecular flexibility index (Phi) is 24.1. The smallest absolute Gasteiger partial charge is 0.330 e. The first-order valence-corrected chi connectivity index (χ1v) is 29.8. The molecule has 15 nitrogen and oxygen atoms in total. The molecule has 4 saturated heterocycles. The monoisotopic (exact) mass is 1090 g/mol. The van der Waals surface area contributed by atoms with Gasteiger partial charge in [0.1, 0.15) is 6.04 Å². The Morgan fingerprint density at radius 1 is 0.581 bits per heavy atom. The number of aliphatic carboxylic acids is 1. The molecule has 4 fully saturated rings. The first kappa shape index (κ1) is 60.7. The highest BCUT2D eigenvalue weighted by molar-refractivity contribution is 8.19. The predicted octanol–water partition coefficient (Wildman–Crippen LogP) is 7.49. The molecule has 19 heteroatoms. The van der Waals surface area contributed by atoms with Crippen LogP contribution >= 0.6 is 47.0 Å². The van der Waals surface area contributed by atoms with Crippen LogP contribution < -0.4 is 10.6 Å². The summed E-state index contributed by atoms with van der Waals surface area (Å²) in [6, 6.07) is 14.6. The summed E-state index contributed by atoms with van der Waals surface area (Å²) in [4.78, 5) is 131. The van der Waals surface area contributed by atoms with Gasteiger partial charge in [-0.2, -0.15) is 0 Å². The zero-order chi connectivity index (χ0) is 54.0. The van der Waals surface area contributed by atoms with Gasteiger partial charge in [0.2, 0.25) is 23.4 Å². The number of hydrogen-bond acceptors (Lipinski definition) is 16. The fourth-order valence-corrected chi connectivity index (χ4v) is 17.1. The van der Waals surface area contributed by atoms with Crippen LogP contribution in [0.2, 0.25) is 0 Å². The third kappa shape index (κ3) is 17.4. The maximum absolute atomic E-state index is 13.3. The molecule has 2 aromatic carbocycles. The Morgan fingerprint density at radius 3 is 1.30 bits per heavy atom. The van der Waals surface area contributed by atoms with Gasteiger partial charge in [-0.1, -0.05) is 87.4 Å². The second-order valence-corrected chi connectivity index (χ2v) is 26.3. The second-order valence-electron chi connectivity index (χ2n) is 19.9. The number of nitrogens with zero attached hydrogens (tertiary/aromatic N) is 2. The van der Waals surface area contributed by atoms with Crippen molar-refractivity contribution in [1.82, 2.24) is 20.4 Å². The Hall–Kier alpha value is -4.14. The Balaban J connectivity index is 0.000000274. The van der Waals surface area contributed by atoms with Crippen LogP contribution in [0.25, 0.3) is 0 Å². The van der Waals surface area contributed by atoms with Crippen LogP contribution in [0.3, 0.4) is 0 Å². The average Bonchev–Trinajstić information content (AvgIpc) is 3.89. The number of Topliss-reactive ketones (excluding diaryl/α,β-unsaturated/α-hetero) is 7. The molecule has 0 aromatic heterocycles. The third-order valence-electron chi connectivity index (χ3n) is 14.0. The summed E-state index contributed by atoms with van der Waals surface area (Å²) < 4.78 is 0.0899. The lowest BCUT2D eigenvalue weighted by atomic mass is 9.87. The number of likely N-dealkylation sites (N-methyl/N-ethyl adjacent to an activating group) is 2. The highest BCUT2D eigenvalue weighted by atomic mass is 32.2. The predicted molar refractivity (Wildman–Crippen MR) is 294 cm³/mol. The van der Waals surface area contributed by atoms with Crippen molar-refractivity contribution in [3.05, 3.63) is 71.8 Å². The molecule has 404 valence electrons. The molecule has 3 N–H and O–H groups in total. The molecular formula is C55H74N4O11S4. The molecule has 0 radical (unpaired) electrons. The van der Waals surface area contributed by atoms with Crippen molar-refractivity contribution < 1.29 is 53.1 Å². The molecule has 4 aliphatic heterocycles. The summed E-state index contributed by atoms with van der Waals surface area (Å²) in [5.74, 6) is -1.93. The lowest BCUT2D eigenvalue weighted by Gasteiger charge is -2.31. The number of likely N-dealkylation sites (tertiary alicyclic amines) is 2.